The Bertz CT molecular complexity index is 606. The van der Waals surface area contributed by atoms with E-state index >= 15 is 0 Å². The van der Waals surface area contributed by atoms with Crippen LogP contribution in [0, 0.1) is 0 Å². The number of benzene rings is 1. The van der Waals surface area contributed by atoms with E-state index in [4.69, 9.17) is 4.74 Å². The van der Waals surface area contributed by atoms with Gasteiger partial charge in [0.1, 0.15) is 11.9 Å². The van der Waals surface area contributed by atoms with E-state index in [0.717, 1.165) is 41.0 Å². The van der Waals surface area contributed by atoms with Crippen molar-refractivity contribution in [2.45, 2.75) is 18.9 Å². The van der Waals surface area contributed by atoms with E-state index in [1.165, 1.54) is 0 Å². The molecule has 3 rings (SSSR count). The van der Waals surface area contributed by atoms with Crippen molar-refractivity contribution in [1.82, 2.24) is 4.90 Å². The number of hydrogen-bond donors (Lipinski definition) is 0. The number of carbonyl (C=O) groups is 1. The highest BCUT2D eigenvalue weighted by atomic mass is 79.9. The molecule has 1 aliphatic heterocycles. The minimum Gasteiger partial charge on any atom is -0.490 e. The quantitative estimate of drug-likeness (QED) is 0.815. The summed E-state index contributed by atoms with van der Waals surface area (Å²) < 4.78 is 6.94. The van der Waals surface area contributed by atoms with Crippen molar-refractivity contribution in [3.05, 3.63) is 51.1 Å². The third-order valence-corrected chi connectivity index (χ3v) is 5.09. The summed E-state index contributed by atoms with van der Waals surface area (Å²) in [6, 6.07) is 11.8. The van der Waals surface area contributed by atoms with Crippen LogP contribution in [0.5, 0.6) is 5.75 Å². The standard InChI is InChI=1S/C16H16BrNO2S/c17-15-10-12(11-21-15)16(19)18-8-6-14(7-9-18)20-13-4-2-1-3-5-13/h1-5,10-11,14H,6-9H2. The van der Waals surface area contributed by atoms with E-state index in [1.54, 1.807) is 11.3 Å². The Morgan fingerprint density at radius 2 is 1.95 bits per heavy atom. The summed E-state index contributed by atoms with van der Waals surface area (Å²) in [6.07, 6.45) is 1.96. The van der Waals surface area contributed by atoms with E-state index in [2.05, 4.69) is 15.9 Å². The number of ether oxygens (including phenoxy) is 1. The van der Waals surface area contributed by atoms with Crippen LogP contribution in [0.3, 0.4) is 0 Å². The SMILES string of the molecule is O=C(c1csc(Br)c1)N1CCC(Oc2ccccc2)CC1. The summed E-state index contributed by atoms with van der Waals surface area (Å²) in [5.41, 5.74) is 0.773. The predicted octanol–water partition coefficient (Wildman–Crippen LogP) is 4.19. The van der Waals surface area contributed by atoms with Gasteiger partial charge in [-0.25, -0.2) is 0 Å². The van der Waals surface area contributed by atoms with Crippen molar-refractivity contribution in [3.8, 4) is 5.75 Å². The van der Waals surface area contributed by atoms with E-state index in [0.29, 0.717) is 0 Å². The Morgan fingerprint density at radius 1 is 1.24 bits per heavy atom. The van der Waals surface area contributed by atoms with Crippen molar-refractivity contribution >= 4 is 33.2 Å². The Kier molecular flexibility index (Phi) is 4.60. The monoisotopic (exact) mass is 365 g/mol. The molecule has 110 valence electrons. The molecule has 21 heavy (non-hydrogen) atoms. The van der Waals surface area contributed by atoms with Crippen LogP contribution in [0.2, 0.25) is 0 Å². The average molecular weight is 366 g/mol. The molecule has 0 N–H and O–H groups in total. The molecule has 1 saturated heterocycles. The number of hydrogen-bond acceptors (Lipinski definition) is 3. The molecule has 0 aliphatic carbocycles. The van der Waals surface area contributed by atoms with Crippen molar-refractivity contribution < 1.29 is 9.53 Å². The molecule has 2 heterocycles. The van der Waals surface area contributed by atoms with Gasteiger partial charge in [-0.2, -0.15) is 0 Å². The van der Waals surface area contributed by atoms with Crippen LogP contribution in [0.25, 0.3) is 0 Å². The lowest BCUT2D eigenvalue weighted by molar-refractivity contribution is 0.0596. The second-order valence-electron chi connectivity index (χ2n) is 5.06. The van der Waals surface area contributed by atoms with Gasteiger partial charge in [0.25, 0.3) is 5.91 Å². The van der Waals surface area contributed by atoms with E-state index in [1.807, 2.05) is 46.7 Å². The fourth-order valence-electron chi connectivity index (χ4n) is 2.47. The molecule has 0 unspecified atom stereocenters. The van der Waals surface area contributed by atoms with Crippen LogP contribution < -0.4 is 4.74 Å². The van der Waals surface area contributed by atoms with Gasteiger partial charge in [-0.3, -0.25) is 4.79 Å². The molecule has 1 aliphatic rings. The first-order valence-corrected chi connectivity index (χ1v) is 8.64. The molecule has 1 fully saturated rings. The van der Waals surface area contributed by atoms with Gasteiger partial charge < -0.3 is 9.64 Å². The zero-order chi connectivity index (χ0) is 14.7. The van der Waals surface area contributed by atoms with Gasteiger partial charge >= 0.3 is 0 Å². The molecule has 1 amide bonds. The molecule has 3 nitrogen and oxygen atoms in total. The minimum absolute atomic E-state index is 0.120. The molecular formula is C16H16BrNO2S. The summed E-state index contributed by atoms with van der Waals surface area (Å²) in [4.78, 5) is 14.3. The topological polar surface area (TPSA) is 29.5 Å². The summed E-state index contributed by atoms with van der Waals surface area (Å²) in [5.74, 6) is 1.03. The van der Waals surface area contributed by atoms with Gasteiger partial charge in [0, 0.05) is 31.3 Å². The number of rotatable bonds is 3. The number of likely N-dealkylation sites (tertiary alicyclic amines) is 1. The highest BCUT2D eigenvalue weighted by Crippen LogP contribution is 2.24. The molecule has 0 atom stereocenters. The number of carbonyl (C=O) groups excluding carboxylic acids is 1. The fourth-order valence-corrected chi connectivity index (χ4v) is 3.60. The highest BCUT2D eigenvalue weighted by Gasteiger charge is 2.25. The van der Waals surface area contributed by atoms with Crippen molar-refractivity contribution in [1.29, 1.82) is 0 Å². The number of thiophene rings is 1. The van der Waals surface area contributed by atoms with E-state index in [9.17, 15) is 4.79 Å². The molecule has 2 aromatic rings. The zero-order valence-corrected chi connectivity index (χ0v) is 13.9. The zero-order valence-electron chi connectivity index (χ0n) is 11.5. The second kappa shape index (κ2) is 6.62. The molecule has 1 aromatic heterocycles. The first kappa shape index (κ1) is 14.6. The summed E-state index contributed by atoms with van der Waals surface area (Å²) in [7, 11) is 0. The molecule has 0 saturated carbocycles. The summed E-state index contributed by atoms with van der Waals surface area (Å²) in [6.45, 7) is 1.51. The first-order chi connectivity index (χ1) is 10.2. The van der Waals surface area contributed by atoms with Gasteiger partial charge in [-0.1, -0.05) is 18.2 Å². The maximum absolute atomic E-state index is 12.3. The van der Waals surface area contributed by atoms with Crippen LogP contribution >= 0.6 is 27.3 Å². The van der Waals surface area contributed by atoms with E-state index in [-0.39, 0.29) is 12.0 Å². The van der Waals surface area contributed by atoms with E-state index < -0.39 is 0 Å². The number of piperidine rings is 1. The maximum Gasteiger partial charge on any atom is 0.254 e. The van der Waals surface area contributed by atoms with Crippen LogP contribution in [-0.4, -0.2) is 30.0 Å². The normalized spacial score (nSPS) is 16.0. The smallest absolute Gasteiger partial charge is 0.254 e. The van der Waals surface area contributed by atoms with Gasteiger partial charge in [-0.05, 0) is 34.1 Å². The molecule has 5 heteroatoms. The lowest BCUT2D eigenvalue weighted by Gasteiger charge is -2.32. The summed E-state index contributed by atoms with van der Waals surface area (Å²) >= 11 is 4.94. The predicted molar refractivity (Wildman–Crippen MR) is 88.0 cm³/mol. The number of para-hydroxylation sites is 1. The molecular weight excluding hydrogens is 350 g/mol. The third-order valence-electron chi connectivity index (χ3n) is 3.59. The number of nitrogens with zero attached hydrogens (tertiary/aromatic N) is 1. The maximum atomic E-state index is 12.3. The number of amides is 1. The first-order valence-electron chi connectivity index (χ1n) is 6.97. The van der Waals surface area contributed by atoms with Crippen molar-refractivity contribution in [2.24, 2.45) is 0 Å². The van der Waals surface area contributed by atoms with Gasteiger partial charge in [0.2, 0.25) is 0 Å². The highest BCUT2D eigenvalue weighted by molar-refractivity contribution is 9.11. The molecule has 0 bridgehead atoms. The Hall–Kier alpha value is -1.33. The lowest BCUT2D eigenvalue weighted by atomic mass is 10.1. The van der Waals surface area contributed by atoms with Crippen molar-refractivity contribution in [3.63, 3.8) is 0 Å². The minimum atomic E-state index is 0.120. The van der Waals surface area contributed by atoms with Crippen molar-refractivity contribution in [2.75, 3.05) is 13.1 Å². The Balaban J connectivity index is 1.54. The fraction of sp³-hybridized carbons (Fsp3) is 0.312. The van der Waals surface area contributed by atoms with Gasteiger partial charge in [-0.15, -0.1) is 11.3 Å². The summed E-state index contributed by atoms with van der Waals surface area (Å²) in [5, 5.41) is 1.90. The average Bonchev–Trinajstić information content (AvgIpc) is 2.95. The third kappa shape index (κ3) is 3.66. The largest absolute Gasteiger partial charge is 0.490 e. The Morgan fingerprint density at radius 3 is 2.57 bits per heavy atom. The van der Waals surface area contributed by atoms with Crippen LogP contribution in [0.1, 0.15) is 23.2 Å². The molecule has 0 radical (unpaired) electrons. The molecule has 1 aromatic carbocycles. The second-order valence-corrected chi connectivity index (χ2v) is 7.35. The van der Waals surface area contributed by atoms with Gasteiger partial charge in [0.15, 0.2) is 0 Å². The lowest BCUT2D eigenvalue weighted by Crippen LogP contribution is -2.41. The van der Waals surface area contributed by atoms with Crippen LogP contribution in [-0.2, 0) is 0 Å². The van der Waals surface area contributed by atoms with Gasteiger partial charge in [0.05, 0.1) is 9.35 Å². The van der Waals surface area contributed by atoms with Crippen LogP contribution in [0.15, 0.2) is 45.6 Å². The number of halogens is 1. The van der Waals surface area contributed by atoms with Crippen LogP contribution in [0.4, 0.5) is 0 Å². The molecule has 0 spiro atoms. The Labute approximate surface area is 136 Å².